The first kappa shape index (κ1) is 7.53. The SMILES string of the molecule is OCC1(NC2CNC2)CCC1. The van der Waals surface area contributed by atoms with E-state index < -0.39 is 0 Å². The maximum Gasteiger partial charge on any atom is 0.0613 e. The Morgan fingerprint density at radius 1 is 1.45 bits per heavy atom. The molecule has 0 aromatic heterocycles. The molecule has 1 saturated heterocycles. The van der Waals surface area contributed by atoms with Crippen molar-refractivity contribution in [1.82, 2.24) is 10.6 Å². The Balaban J connectivity index is 1.81. The summed E-state index contributed by atoms with van der Waals surface area (Å²) < 4.78 is 0. The molecule has 1 heterocycles. The van der Waals surface area contributed by atoms with Gasteiger partial charge in [0.25, 0.3) is 0 Å². The highest BCUT2D eigenvalue weighted by Crippen LogP contribution is 2.31. The van der Waals surface area contributed by atoms with Gasteiger partial charge in [-0.05, 0) is 19.3 Å². The Labute approximate surface area is 67.2 Å². The van der Waals surface area contributed by atoms with E-state index in [0.717, 1.165) is 25.9 Å². The summed E-state index contributed by atoms with van der Waals surface area (Å²) in [4.78, 5) is 0. The molecule has 2 fully saturated rings. The van der Waals surface area contributed by atoms with Crippen molar-refractivity contribution in [3.05, 3.63) is 0 Å². The van der Waals surface area contributed by atoms with Crippen LogP contribution in [0.4, 0.5) is 0 Å². The van der Waals surface area contributed by atoms with Gasteiger partial charge in [0, 0.05) is 24.7 Å². The molecule has 1 saturated carbocycles. The number of aliphatic hydroxyl groups is 1. The molecule has 0 bridgehead atoms. The lowest BCUT2D eigenvalue weighted by Gasteiger charge is -2.46. The van der Waals surface area contributed by atoms with E-state index in [2.05, 4.69) is 10.6 Å². The molecule has 0 spiro atoms. The Bertz CT molecular complexity index is 136. The van der Waals surface area contributed by atoms with Crippen molar-refractivity contribution in [2.75, 3.05) is 19.7 Å². The molecule has 2 rings (SSSR count). The maximum absolute atomic E-state index is 9.12. The van der Waals surface area contributed by atoms with Gasteiger partial charge in [0.1, 0.15) is 0 Å². The number of aliphatic hydroxyl groups excluding tert-OH is 1. The third-order valence-electron chi connectivity index (χ3n) is 2.91. The van der Waals surface area contributed by atoms with E-state index in [-0.39, 0.29) is 5.54 Å². The molecule has 0 radical (unpaired) electrons. The van der Waals surface area contributed by atoms with Gasteiger partial charge in [-0.1, -0.05) is 0 Å². The minimum atomic E-state index is 0.104. The van der Waals surface area contributed by atoms with E-state index in [9.17, 15) is 0 Å². The molecule has 3 nitrogen and oxygen atoms in total. The third kappa shape index (κ3) is 1.28. The number of nitrogens with one attached hydrogen (secondary N) is 2. The predicted octanol–water partition coefficient (Wildman–Crippen LogP) is -0.537. The van der Waals surface area contributed by atoms with Gasteiger partial charge in [-0.2, -0.15) is 0 Å². The molecule has 0 unspecified atom stereocenters. The summed E-state index contributed by atoms with van der Waals surface area (Å²) in [5, 5.41) is 15.8. The van der Waals surface area contributed by atoms with Crippen LogP contribution in [0.3, 0.4) is 0 Å². The summed E-state index contributed by atoms with van der Waals surface area (Å²) in [6.07, 6.45) is 3.58. The van der Waals surface area contributed by atoms with Crippen LogP contribution in [0.5, 0.6) is 0 Å². The highest BCUT2D eigenvalue weighted by Gasteiger charge is 2.38. The lowest BCUT2D eigenvalue weighted by Crippen LogP contribution is -2.66. The van der Waals surface area contributed by atoms with E-state index in [1.807, 2.05) is 0 Å². The fraction of sp³-hybridized carbons (Fsp3) is 1.00. The Morgan fingerprint density at radius 3 is 2.45 bits per heavy atom. The zero-order valence-corrected chi connectivity index (χ0v) is 6.77. The summed E-state index contributed by atoms with van der Waals surface area (Å²) in [5.74, 6) is 0. The molecular weight excluding hydrogens is 140 g/mol. The quantitative estimate of drug-likeness (QED) is 0.514. The molecule has 0 aromatic carbocycles. The second-order valence-corrected chi connectivity index (χ2v) is 3.79. The highest BCUT2D eigenvalue weighted by atomic mass is 16.3. The van der Waals surface area contributed by atoms with E-state index in [4.69, 9.17) is 5.11 Å². The number of hydrogen-bond donors (Lipinski definition) is 3. The Hall–Kier alpha value is -0.120. The van der Waals surface area contributed by atoms with Gasteiger partial charge in [0.2, 0.25) is 0 Å². The fourth-order valence-electron chi connectivity index (χ4n) is 1.78. The van der Waals surface area contributed by atoms with Crippen molar-refractivity contribution in [2.24, 2.45) is 0 Å². The summed E-state index contributed by atoms with van der Waals surface area (Å²) >= 11 is 0. The Kier molecular flexibility index (Phi) is 1.87. The predicted molar refractivity (Wildman–Crippen MR) is 43.5 cm³/mol. The average molecular weight is 156 g/mol. The molecule has 0 aromatic rings. The molecule has 2 aliphatic rings. The molecule has 0 atom stereocenters. The summed E-state index contributed by atoms with van der Waals surface area (Å²) in [6.45, 7) is 2.45. The second kappa shape index (κ2) is 2.73. The first-order valence-electron chi connectivity index (χ1n) is 4.44. The van der Waals surface area contributed by atoms with Crippen molar-refractivity contribution in [3.63, 3.8) is 0 Å². The standard InChI is InChI=1S/C8H16N2O/c11-6-8(2-1-3-8)10-7-4-9-5-7/h7,9-11H,1-6H2. The monoisotopic (exact) mass is 156 g/mol. The molecule has 64 valence electrons. The smallest absolute Gasteiger partial charge is 0.0613 e. The summed E-state index contributed by atoms with van der Waals surface area (Å²) in [6, 6.07) is 0.613. The van der Waals surface area contributed by atoms with E-state index in [0.29, 0.717) is 12.6 Å². The van der Waals surface area contributed by atoms with Crippen LogP contribution in [0.25, 0.3) is 0 Å². The zero-order chi connectivity index (χ0) is 7.73. The molecule has 3 heteroatoms. The number of rotatable bonds is 3. The van der Waals surface area contributed by atoms with Gasteiger partial charge in [0.05, 0.1) is 6.61 Å². The first-order chi connectivity index (χ1) is 5.35. The van der Waals surface area contributed by atoms with E-state index in [1.165, 1.54) is 6.42 Å². The normalized spacial score (nSPS) is 29.2. The van der Waals surface area contributed by atoms with Crippen LogP contribution in [0.15, 0.2) is 0 Å². The van der Waals surface area contributed by atoms with Crippen LogP contribution >= 0.6 is 0 Å². The lowest BCUT2D eigenvalue weighted by atomic mass is 9.76. The van der Waals surface area contributed by atoms with Crippen molar-refractivity contribution < 1.29 is 5.11 Å². The minimum absolute atomic E-state index is 0.104. The summed E-state index contributed by atoms with van der Waals surface area (Å²) in [5.41, 5.74) is 0.104. The molecule has 0 amide bonds. The van der Waals surface area contributed by atoms with Gasteiger partial charge < -0.3 is 15.7 Å². The number of hydrogen-bond acceptors (Lipinski definition) is 3. The lowest BCUT2D eigenvalue weighted by molar-refractivity contribution is 0.0683. The van der Waals surface area contributed by atoms with Crippen molar-refractivity contribution in [1.29, 1.82) is 0 Å². The van der Waals surface area contributed by atoms with Crippen LogP contribution in [-0.4, -0.2) is 36.4 Å². The van der Waals surface area contributed by atoms with Gasteiger partial charge in [-0.25, -0.2) is 0 Å². The van der Waals surface area contributed by atoms with Crippen LogP contribution in [0.1, 0.15) is 19.3 Å². The topological polar surface area (TPSA) is 44.3 Å². The van der Waals surface area contributed by atoms with Gasteiger partial charge in [0.15, 0.2) is 0 Å². The Morgan fingerprint density at radius 2 is 2.18 bits per heavy atom. The van der Waals surface area contributed by atoms with Crippen LogP contribution in [0, 0.1) is 0 Å². The van der Waals surface area contributed by atoms with Crippen molar-refractivity contribution >= 4 is 0 Å². The van der Waals surface area contributed by atoms with Crippen LogP contribution < -0.4 is 10.6 Å². The van der Waals surface area contributed by atoms with Crippen LogP contribution in [-0.2, 0) is 0 Å². The minimum Gasteiger partial charge on any atom is -0.394 e. The fourth-order valence-corrected chi connectivity index (χ4v) is 1.78. The van der Waals surface area contributed by atoms with Crippen molar-refractivity contribution in [2.45, 2.75) is 30.8 Å². The van der Waals surface area contributed by atoms with Gasteiger partial charge in [-0.15, -0.1) is 0 Å². The zero-order valence-electron chi connectivity index (χ0n) is 6.77. The second-order valence-electron chi connectivity index (χ2n) is 3.79. The van der Waals surface area contributed by atoms with Gasteiger partial charge in [-0.3, -0.25) is 0 Å². The molecule has 1 aliphatic carbocycles. The maximum atomic E-state index is 9.12. The molecular formula is C8H16N2O. The van der Waals surface area contributed by atoms with E-state index in [1.54, 1.807) is 0 Å². The summed E-state index contributed by atoms with van der Waals surface area (Å²) in [7, 11) is 0. The average Bonchev–Trinajstić information content (AvgIpc) is 1.83. The molecule has 3 N–H and O–H groups in total. The van der Waals surface area contributed by atoms with Gasteiger partial charge >= 0.3 is 0 Å². The molecule has 11 heavy (non-hydrogen) atoms. The molecule has 1 aliphatic heterocycles. The first-order valence-corrected chi connectivity index (χ1v) is 4.44. The van der Waals surface area contributed by atoms with Crippen LogP contribution in [0.2, 0.25) is 0 Å². The third-order valence-corrected chi connectivity index (χ3v) is 2.91. The van der Waals surface area contributed by atoms with E-state index >= 15 is 0 Å². The van der Waals surface area contributed by atoms with Crippen molar-refractivity contribution in [3.8, 4) is 0 Å². The largest absolute Gasteiger partial charge is 0.394 e. The highest BCUT2D eigenvalue weighted by molar-refractivity contribution is 5.00.